The first-order valence-corrected chi connectivity index (χ1v) is 11.7. The number of alkyl halides is 6. The number of halogens is 6. The van der Waals surface area contributed by atoms with Crippen molar-refractivity contribution < 1.29 is 45.5 Å². The number of allylic oxidation sites excluding steroid dienone is 2. The van der Waals surface area contributed by atoms with E-state index in [0.29, 0.717) is 40.6 Å². The largest absolute Gasteiger partial charge is 0.411 e. The van der Waals surface area contributed by atoms with Gasteiger partial charge in [-0.15, -0.1) is 0 Å². The lowest BCUT2D eigenvalue weighted by Crippen LogP contribution is -2.55. The quantitative estimate of drug-likeness (QED) is 0.315. The van der Waals surface area contributed by atoms with Crippen molar-refractivity contribution in [1.29, 1.82) is 0 Å². The molecule has 4 rings (SSSR count). The second kappa shape index (κ2) is 9.73. The lowest BCUT2D eigenvalue weighted by Gasteiger charge is -2.38. The first-order valence-electron chi connectivity index (χ1n) is 11.7. The maximum Gasteiger partial charge on any atom is 0.411 e. The summed E-state index contributed by atoms with van der Waals surface area (Å²) in [5.74, 6) is -3.95. The van der Waals surface area contributed by atoms with Crippen LogP contribution in [0.5, 0.6) is 0 Å². The highest BCUT2D eigenvalue weighted by Crippen LogP contribution is 2.57. The number of rotatable bonds is 6. The molecule has 7 nitrogen and oxygen atoms in total. The van der Waals surface area contributed by atoms with Crippen LogP contribution in [0.25, 0.3) is 0 Å². The van der Waals surface area contributed by atoms with E-state index in [1.54, 1.807) is 13.1 Å². The molecule has 2 aliphatic rings. The summed E-state index contributed by atoms with van der Waals surface area (Å²) in [4.78, 5) is 52.0. The monoisotopic (exact) mass is 565 g/mol. The molecule has 13 heteroatoms. The molecule has 40 heavy (non-hydrogen) atoms. The molecule has 210 valence electrons. The van der Waals surface area contributed by atoms with Crippen LogP contribution >= 0.6 is 0 Å². The predicted octanol–water partition coefficient (Wildman–Crippen LogP) is 4.60. The smallest absolute Gasteiger partial charge is 0.316 e. The van der Waals surface area contributed by atoms with E-state index in [2.05, 4.69) is 5.32 Å². The van der Waals surface area contributed by atoms with Gasteiger partial charge in [-0.1, -0.05) is 24.3 Å². The van der Waals surface area contributed by atoms with Gasteiger partial charge in [0.15, 0.2) is 0 Å². The minimum Gasteiger partial charge on any atom is -0.316 e. The molecule has 0 radical (unpaired) electrons. The van der Waals surface area contributed by atoms with Crippen LogP contribution in [0.1, 0.15) is 59.5 Å². The van der Waals surface area contributed by atoms with E-state index < -0.39 is 63.7 Å². The SMILES string of the molecule is C/C=C(\C=C/CNC)N1C(=O)c2ccc(C(c3ccc4c(c3)C(=O)N(C)C4=O)(C(F)(F)F)C(F)(F)F)cc2C1=O. The van der Waals surface area contributed by atoms with Crippen molar-refractivity contribution in [2.24, 2.45) is 0 Å². The molecule has 0 fully saturated rings. The number of fused-ring (bicyclic) bond motifs is 2. The van der Waals surface area contributed by atoms with Crippen LogP contribution in [0, 0.1) is 0 Å². The lowest BCUT2D eigenvalue weighted by atomic mass is 9.71. The van der Waals surface area contributed by atoms with Crippen LogP contribution in [-0.4, -0.2) is 66.4 Å². The van der Waals surface area contributed by atoms with Crippen molar-refractivity contribution in [3.05, 3.63) is 93.7 Å². The molecule has 4 amide bonds. The van der Waals surface area contributed by atoms with Gasteiger partial charge in [-0.2, -0.15) is 26.3 Å². The molecule has 0 aliphatic carbocycles. The summed E-state index contributed by atoms with van der Waals surface area (Å²) in [5, 5.41) is 2.81. The Morgan fingerprint density at radius 2 is 1.23 bits per heavy atom. The first kappa shape index (κ1) is 28.7. The fourth-order valence-electron chi connectivity index (χ4n) is 4.88. The topological polar surface area (TPSA) is 86.8 Å². The van der Waals surface area contributed by atoms with Crippen molar-refractivity contribution in [3.63, 3.8) is 0 Å². The number of nitrogens with zero attached hydrogens (tertiary/aromatic N) is 2. The summed E-state index contributed by atoms with van der Waals surface area (Å²) in [6, 6.07) is 3.27. The minimum absolute atomic E-state index is 0.0758. The summed E-state index contributed by atoms with van der Waals surface area (Å²) >= 11 is 0. The van der Waals surface area contributed by atoms with Crippen molar-refractivity contribution in [3.8, 4) is 0 Å². The second-order valence-electron chi connectivity index (χ2n) is 9.05. The van der Waals surface area contributed by atoms with Gasteiger partial charge >= 0.3 is 12.4 Å². The molecule has 2 heterocycles. The van der Waals surface area contributed by atoms with Crippen LogP contribution in [-0.2, 0) is 5.41 Å². The normalized spacial score (nSPS) is 16.5. The number of benzene rings is 2. The third-order valence-corrected chi connectivity index (χ3v) is 6.86. The molecular formula is C27H21F6N3O4. The first-order chi connectivity index (χ1) is 18.6. The molecule has 2 aliphatic heterocycles. The third-order valence-electron chi connectivity index (χ3n) is 6.86. The Balaban J connectivity index is 1.94. The minimum atomic E-state index is -6.03. The third kappa shape index (κ3) is 4.03. The van der Waals surface area contributed by atoms with E-state index in [4.69, 9.17) is 0 Å². The number of likely N-dealkylation sites (N-methyl/N-ethyl adjacent to an activating group) is 1. The zero-order valence-corrected chi connectivity index (χ0v) is 21.2. The number of hydrogen-bond acceptors (Lipinski definition) is 5. The summed E-state index contributed by atoms with van der Waals surface area (Å²) < 4.78 is 88.4. The summed E-state index contributed by atoms with van der Waals surface area (Å²) in [5.41, 5.74) is -9.36. The zero-order chi connectivity index (χ0) is 29.8. The van der Waals surface area contributed by atoms with E-state index in [-0.39, 0.29) is 16.8 Å². The fourth-order valence-corrected chi connectivity index (χ4v) is 4.88. The molecule has 1 N–H and O–H groups in total. The number of nitrogens with one attached hydrogen (secondary N) is 1. The van der Waals surface area contributed by atoms with Crippen molar-refractivity contribution in [2.75, 3.05) is 20.6 Å². The highest BCUT2D eigenvalue weighted by molar-refractivity contribution is 6.23. The van der Waals surface area contributed by atoms with Crippen LogP contribution in [0.2, 0.25) is 0 Å². The molecule has 0 bridgehead atoms. The zero-order valence-electron chi connectivity index (χ0n) is 21.2. The molecule has 2 aromatic rings. The summed E-state index contributed by atoms with van der Waals surface area (Å²) in [7, 11) is 2.69. The Bertz CT molecular complexity index is 1490. The van der Waals surface area contributed by atoms with Gasteiger partial charge in [-0.25, -0.2) is 4.90 Å². The summed E-state index contributed by atoms with van der Waals surface area (Å²) in [6.45, 7) is 1.86. The number of amides is 4. The van der Waals surface area contributed by atoms with Crippen LogP contribution in [0.3, 0.4) is 0 Å². The average Bonchev–Trinajstić information content (AvgIpc) is 3.25. The maximum absolute atomic E-state index is 14.7. The molecule has 0 aromatic heterocycles. The van der Waals surface area contributed by atoms with Crippen LogP contribution in [0.4, 0.5) is 26.3 Å². The van der Waals surface area contributed by atoms with E-state index in [1.165, 1.54) is 19.1 Å². The maximum atomic E-state index is 14.7. The lowest BCUT2D eigenvalue weighted by molar-refractivity contribution is -0.288. The molecular weight excluding hydrogens is 544 g/mol. The summed E-state index contributed by atoms with van der Waals surface area (Å²) in [6.07, 6.45) is -7.68. The Morgan fingerprint density at radius 3 is 1.70 bits per heavy atom. The van der Waals surface area contributed by atoms with E-state index in [1.807, 2.05) is 0 Å². The number of carbonyl (C=O) groups excluding carboxylic acids is 4. The Kier molecular flexibility index (Phi) is 6.99. The number of imide groups is 2. The highest BCUT2D eigenvalue weighted by Gasteiger charge is 2.73. The molecule has 0 spiro atoms. The van der Waals surface area contributed by atoms with E-state index >= 15 is 0 Å². The fraction of sp³-hybridized carbons (Fsp3) is 0.259. The molecule has 0 unspecified atom stereocenters. The van der Waals surface area contributed by atoms with Gasteiger partial charge in [0, 0.05) is 19.3 Å². The molecule has 0 saturated heterocycles. The standard InChI is InChI=1S/C27H21F6N3O4/c1-4-16(6-5-11-34-2)36-23(39)18-10-8-15(13-20(18)24(36)40)25(26(28,29)30,27(31,32)33)14-7-9-17-19(12-14)22(38)35(3)21(17)37/h4-10,12-13,34H,11H2,1-3H3/b6-5-,16-4+. The Hall–Kier alpha value is -4.26. The van der Waals surface area contributed by atoms with Crippen LogP contribution in [0.15, 0.2) is 60.3 Å². The van der Waals surface area contributed by atoms with Crippen molar-refractivity contribution in [1.82, 2.24) is 15.1 Å². The Morgan fingerprint density at radius 1 is 0.775 bits per heavy atom. The van der Waals surface area contributed by atoms with Gasteiger partial charge in [-0.05, 0) is 55.4 Å². The molecule has 0 atom stereocenters. The van der Waals surface area contributed by atoms with Gasteiger partial charge in [0.1, 0.15) is 0 Å². The van der Waals surface area contributed by atoms with E-state index in [0.717, 1.165) is 19.2 Å². The second-order valence-corrected chi connectivity index (χ2v) is 9.05. The van der Waals surface area contributed by atoms with Crippen molar-refractivity contribution >= 4 is 23.6 Å². The number of hydrogen-bond donors (Lipinski definition) is 1. The van der Waals surface area contributed by atoms with Gasteiger partial charge in [0.25, 0.3) is 23.6 Å². The molecule has 2 aromatic carbocycles. The Labute approximate surface area is 223 Å². The molecule has 0 saturated carbocycles. The highest BCUT2D eigenvalue weighted by atomic mass is 19.4. The van der Waals surface area contributed by atoms with Gasteiger partial charge in [-0.3, -0.25) is 24.1 Å². The number of carbonyl (C=O) groups is 4. The van der Waals surface area contributed by atoms with Gasteiger partial charge in [0.05, 0.1) is 22.3 Å². The van der Waals surface area contributed by atoms with Crippen LogP contribution < -0.4 is 5.32 Å². The van der Waals surface area contributed by atoms with Crippen molar-refractivity contribution in [2.45, 2.75) is 24.7 Å². The van der Waals surface area contributed by atoms with Gasteiger partial charge < -0.3 is 5.32 Å². The predicted molar refractivity (Wildman–Crippen MR) is 130 cm³/mol. The van der Waals surface area contributed by atoms with Gasteiger partial charge in [0.2, 0.25) is 5.41 Å². The average molecular weight is 565 g/mol. The van der Waals surface area contributed by atoms with E-state index in [9.17, 15) is 45.5 Å².